The monoisotopic (exact) mass is 199 g/mol. The highest BCUT2D eigenvalue weighted by Crippen LogP contribution is 2.33. The van der Waals surface area contributed by atoms with Gasteiger partial charge in [0.1, 0.15) is 0 Å². The van der Waals surface area contributed by atoms with Gasteiger partial charge < -0.3 is 5.11 Å². The van der Waals surface area contributed by atoms with E-state index in [0.717, 1.165) is 23.4 Å². The smallest absolute Gasteiger partial charge is 0.407 e. The second-order valence-electron chi connectivity index (χ2n) is 3.31. The zero-order chi connectivity index (χ0) is 9.42. The van der Waals surface area contributed by atoms with Crippen molar-refractivity contribution in [3.63, 3.8) is 0 Å². The SMILES string of the molecule is O=C(O)N1CC2=C(C1)C(Cl)=CCC2. The summed E-state index contributed by atoms with van der Waals surface area (Å²) in [6.07, 6.45) is 2.99. The first-order valence-electron chi connectivity index (χ1n) is 4.23. The van der Waals surface area contributed by atoms with Crippen molar-refractivity contribution in [2.45, 2.75) is 12.8 Å². The highest BCUT2D eigenvalue weighted by molar-refractivity contribution is 6.32. The molecule has 0 radical (unpaired) electrons. The minimum atomic E-state index is -0.862. The molecule has 0 fully saturated rings. The van der Waals surface area contributed by atoms with Gasteiger partial charge in [-0.25, -0.2) is 4.79 Å². The Morgan fingerprint density at radius 2 is 2.31 bits per heavy atom. The molecule has 0 aromatic rings. The molecule has 2 rings (SSSR count). The first-order chi connectivity index (χ1) is 6.18. The predicted molar refractivity (Wildman–Crippen MR) is 49.8 cm³/mol. The lowest BCUT2D eigenvalue weighted by atomic mass is 10.0. The van der Waals surface area contributed by atoms with Crippen LogP contribution in [0.15, 0.2) is 22.3 Å². The largest absolute Gasteiger partial charge is 0.465 e. The highest BCUT2D eigenvalue weighted by Gasteiger charge is 2.27. The zero-order valence-electron chi connectivity index (χ0n) is 7.09. The molecule has 0 aromatic heterocycles. The molecule has 1 amide bonds. The maximum atomic E-state index is 10.7. The van der Waals surface area contributed by atoms with E-state index in [2.05, 4.69) is 0 Å². The number of nitrogens with zero attached hydrogens (tertiary/aromatic N) is 1. The van der Waals surface area contributed by atoms with Crippen LogP contribution in [0, 0.1) is 0 Å². The van der Waals surface area contributed by atoms with Crippen LogP contribution in [-0.4, -0.2) is 29.2 Å². The third kappa shape index (κ3) is 1.44. The summed E-state index contributed by atoms with van der Waals surface area (Å²) in [7, 11) is 0. The van der Waals surface area contributed by atoms with Gasteiger partial charge in [0.05, 0.1) is 6.54 Å². The Morgan fingerprint density at radius 1 is 1.54 bits per heavy atom. The van der Waals surface area contributed by atoms with Gasteiger partial charge in [-0.2, -0.15) is 0 Å². The van der Waals surface area contributed by atoms with E-state index in [9.17, 15) is 4.79 Å². The molecule has 2 aliphatic rings. The van der Waals surface area contributed by atoms with Crippen LogP contribution >= 0.6 is 11.6 Å². The molecule has 0 saturated carbocycles. The van der Waals surface area contributed by atoms with Crippen molar-refractivity contribution in [1.82, 2.24) is 4.90 Å². The standard InChI is InChI=1S/C9H10ClNO2/c10-8-3-1-2-6-4-11(9(12)13)5-7(6)8/h3H,1-2,4-5H2,(H,12,13). The fourth-order valence-corrected chi connectivity index (χ4v) is 2.09. The maximum Gasteiger partial charge on any atom is 0.407 e. The molecule has 1 aliphatic carbocycles. The Bertz CT molecular complexity index is 320. The van der Waals surface area contributed by atoms with Gasteiger partial charge in [-0.05, 0) is 24.0 Å². The lowest BCUT2D eigenvalue weighted by molar-refractivity contribution is 0.156. The summed E-state index contributed by atoms with van der Waals surface area (Å²) in [5.41, 5.74) is 2.21. The van der Waals surface area contributed by atoms with Crippen LogP contribution in [0.4, 0.5) is 4.79 Å². The molecule has 70 valence electrons. The molecule has 0 bridgehead atoms. The number of rotatable bonds is 0. The van der Waals surface area contributed by atoms with Gasteiger partial charge in [0.25, 0.3) is 0 Å². The topological polar surface area (TPSA) is 40.5 Å². The second kappa shape index (κ2) is 3.07. The van der Waals surface area contributed by atoms with Gasteiger partial charge in [-0.15, -0.1) is 0 Å². The summed E-state index contributed by atoms with van der Waals surface area (Å²) in [6.45, 7) is 0.995. The van der Waals surface area contributed by atoms with Crippen molar-refractivity contribution < 1.29 is 9.90 Å². The van der Waals surface area contributed by atoms with E-state index in [1.807, 2.05) is 6.08 Å². The number of hydrogen-bond acceptors (Lipinski definition) is 1. The van der Waals surface area contributed by atoms with Gasteiger partial charge in [-0.1, -0.05) is 17.7 Å². The lowest BCUT2D eigenvalue weighted by Gasteiger charge is -2.10. The minimum Gasteiger partial charge on any atom is -0.465 e. The fourth-order valence-electron chi connectivity index (χ4n) is 1.79. The maximum absolute atomic E-state index is 10.7. The first-order valence-corrected chi connectivity index (χ1v) is 4.61. The Hall–Kier alpha value is -0.960. The number of halogens is 1. The molecule has 0 saturated heterocycles. The number of hydrogen-bond donors (Lipinski definition) is 1. The fraction of sp³-hybridized carbons (Fsp3) is 0.444. The number of amides is 1. The molecule has 3 nitrogen and oxygen atoms in total. The van der Waals surface area contributed by atoms with E-state index in [-0.39, 0.29) is 0 Å². The van der Waals surface area contributed by atoms with Crippen LogP contribution in [0.3, 0.4) is 0 Å². The quantitative estimate of drug-likeness (QED) is 0.650. The van der Waals surface area contributed by atoms with Crippen LogP contribution in [0.2, 0.25) is 0 Å². The summed E-state index contributed by atoms with van der Waals surface area (Å²) in [6, 6.07) is 0. The number of allylic oxidation sites excluding steroid dienone is 1. The molecule has 0 atom stereocenters. The van der Waals surface area contributed by atoms with E-state index in [0.29, 0.717) is 13.1 Å². The first kappa shape index (κ1) is 8.63. The Balaban J connectivity index is 2.19. The average molecular weight is 200 g/mol. The molecule has 0 aromatic carbocycles. The molecule has 0 unspecified atom stereocenters. The van der Waals surface area contributed by atoms with Crippen molar-refractivity contribution >= 4 is 17.7 Å². The highest BCUT2D eigenvalue weighted by atomic mass is 35.5. The Kier molecular flexibility index (Phi) is 2.04. The van der Waals surface area contributed by atoms with Crippen LogP contribution in [0.5, 0.6) is 0 Å². The lowest BCUT2D eigenvalue weighted by Crippen LogP contribution is -2.27. The van der Waals surface area contributed by atoms with Gasteiger partial charge in [0.2, 0.25) is 0 Å². The second-order valence-corrected chi connectivity index (χ2v) is 3.72. The molecule has 1 N–H and O–H groups in total. The Morgan fingerprint density at radius 3 is 2.92 bits per heavy atom. The molecule has 1 aliphatic heterocycles. The normalized spacial score (nSPS) is 21.6. The predicted octanol–water partition coefficient (Wildman–Crippen LogP) is 2.19. The van der Waals surface area contributed by atoms with Gasteiger partial charge >= 0.3 is 6.09 Å². The van der Waals surface area contributed by atoms with Crippen LogP contribution in [0.1, 0.15) is 12.8 Å². The molecule has 1 heterocycles. The summed E-state index contributed by atoms with van der Waals surface area (Å²) < 4.78 is 0. The van der Waals surface area contributed by atoms with E-state index < -0.39 is 6.09 Å². The molecule has 0 spiro atoms. The molecule has 13 heavy (non-hydrogen) atoms. The molecule has 4 heteroatoms. The van der Waals surface area contributed by atoms with Crippen molar-refractivity contribution in [2.24, 2.45) is 0 Å². The van der Waals surface area contributed by atoms with Crippen molar-refractivity contribution in [1.29, 1.82) is 0 Å². The van der Waals surface area contributed by atoms with Crippen LogP contribution < -0.4 is 0 Å². The molecular formula is C9H10ClNO2. The average Bonchev–Trinajstić information content (AvgIpc) is 2.49. The van der Waals surface area contributed by atoms with Crippen molar-refractivity contribution in [2.75, 3.05) is 13.1 Å². The molecular weight excluding hydrogens is 190 g/mol. The van der Waals surface area contributed by atoms with Gasteiger partial charge in [0.15, 0.2) is 0 Å². The van der Waals surface area contributed by atoms with E-state index in [4.69, 9.17) is 16.7 Å². The third-order valence-electron chi connectivity index (χ3n) is 2.49. The third-order valence-corrected chi connectivity index (χ3v) is 2.87. The summed E-state index contributed by atoms with van der Waals surface area (Å²) >= 11 is 5.97. The van der Waals surface area contributed by atoms with Crippen LogP contribution in [-0.2, 0) is 0 Å². The van der Waals surface area contributed by atoms with Gasteiger partial charge in [0, 0.05) is 11.6 Å². The van der Waals surface area contributed by atoms with Crippen molar-refractivity contribution in [3.05, 3.63) is 22.3 Å². The minimum absolute atomic E-state index is 0.458. The summed E-state index contributed by atoms with van der Waals surface area (Å²) in [4.78, 5) is 12.1. The van der Waals surface area contributed by atoms with Crippen molar-refractivity contribution in [3.8, 4) is 0 Å². The zero-order valence-corrected chi connectivity index (χ0v) is 7.84. The van der Waals surface area contributed by atoms with E-state index >= 15 is 0 Å². The van der Waals surface area contributed by atoms with Crippen LogP contribution in [0.25, 0.3) is 0 Å². The summed E-state index contributed by atoms with van der Waals surface area (Å²) in [5.74, 6) is 0. The van der Waals surface area contributed by atoms with E-state index in [1.165, 1.54) is 10.5 Å². The van der Waals surface area contributed by atoms with E-state index in [1.54, 1.807) is 0 Å². The number of carbonyl (C=O) groups is 1. The number of carboxylic acid groups (broad SMARTS) is 1. The van der Waals surface area contributed by atoms with Gasteiger partial charge in [-0.3, -0.25) is 4.90 Å². The summed E-state index contributed by atoms with van der Waals surface area (Å²) in [5, 5.41) is 9.52. The Labute approximate surface area is 81.3 Å².